The van der Waals surface area contributed by atoms with Crippen LogP contribution in [0.15, 0.2) is 18.7 Å². The Morgan fingerprint density at radius 3 is 2.81 bits per heavy atom. The van der Waals surface area contributed by atoms with Crippen LogP contribution in [-0.4, -0.2) is 54.9 Å². The molecule has 0 atom stereocenters. The van der Waals surface area contributed by atoms with Gasteiger partial charge in [-0.05, 0) is 12.8 Å². The minimum absolute atomic E-state index is 0.0377. The Labute approximate surface area is 121 Å². The molecule has 110 valence electrons. The van der Waals surface area contributed by atoms with Crippen molar-refractivity contribution in [1.29, 1.82) is 0 Å². The molecule has 21 heavy (non-hydrogen) atoms. The van der Waals surface area contributed by atoms with Crippen LogP contribution in [0.4, 0.5) is 11.9 Å². The Morgan fingerprint density at radius 2 is 2.10 bits per heavy atom. The Balaban J connectivity index is 1.69. The average molecular weight is 288 g/mol. The normalized spacial score (nSPS) is 14.4. The minimum atomic E-state index is 0.0377. The number of carbonyl (C=O) groups is 1. The van der Waals surface area contributed by atoms with Gasteiger partial charge in [0.25, 0.3) is 0 Å². The van der Waals surface area contributed by atoms with Gasteiger partial charge in [0.1, 0.15) is 6.33 Å². The fraction of sp³-hybridized carbons (Fsp3) is 0.417. The zero-order chi connectivity index (χ0) is 14.7. The number of imidazole rings is 1. The second-order valence-corrected chi connectivity index (χ2v) is 4.73. The fourth-order valence-electron chi connectivity index (χ4n) is 2.19. The van der Waals surface area contributed by atoms with Gasteiger partial charge in [0.2, 0.25) is 23.8 Å². The van der Waals surface area contributed by atoms with Gasteiger partial charge in [-0.3, -0.25) is 9.36 Å². The van der Waals surface area contributed by atoms with Crippen LogP contribution in [0.2, 0.25) is 0 Å². The number of nitrogens with zero attached hydrogens (tertiary/aromatic N) is 6. The molecule has 1 amide bonds. The van der Waals surface area contributed by atoms with Gasteiger partial charge in [-0.1, -0.05) is 0 Å². The summed E-state index contributed by atoms with van der Waals surface area (Å²) in [6.07, 6.45) is 7.01. The monoisotopic (exact) mass is 288 g/mol. The third-order valence-electron chi connectivity index (χ3n) is 3.23. The number of hydrogen-bond donors (Lipinski definition) is 2. The Kier molecular flexibility index (Phi) is 3.63. The molecule has 9 heteroatoms. The summed E-state index contributed by atoms with van der Waals surface area (Å²) < 4.78 is 1.62. The maximum atomic E-state index is 12.0. The highest BCUT2D eigenvalue weighted by atomic mass is 16.2. The molecular weight excluding hydrogens is 272 g/mol. The third kappa shape index (κ3) is 3.07. The van der Waals surface area contributed by atoms with Crippen LogP contribution in [-0.2, 0) is 4.79 Å². The van der Waals surface area contributed by atoms with Gasteiger partial charge in [-0.15, -0.1) is 0 Å². The summed E-state index contributed by atoms with van der Waals surface area (Å²) in [7, 11) is 0. The van der Waals surface area contributed by atoms with Crippen LogP contribution in [0.25, 0.3) is 5.95 Å². The number of amides is 1. The van der Waals surface area contributed by atoms with Crippen molar-refractivity contribution < 1.29 is 4.79 Å². The summed E-state index contributed by atoms with van der Waals surface area (Å²) in [5.74, 6) is 0.760. The van der Waals surface area contributed by atoms with Crippen molar-refractivity contribution in [3.05, 3.63) is 18.7 Å². The van der Waals surface area contributed by atoms with E-state index in [2.05, 4.69) is 25.3 Å². The van der Waals surface area contributed by atoms with E-state index in [1.807, 2.05) is 4.90 Å². The van der Waals surface area contributed by atoms with Crippen molar-refractivity contribution in [3.63, 3.8) is 0 Å². The molecule has 1 saturated heterocycles. The molecular formula is C12H16N8O. The van der Waals surface area contributed by atoms with Crippen LogP contribution in [0, 0.1) is 0 Å². The average Bonchev–Trinajstić information content (AvgIpc) is 3.16. The van der Waals surface area contributed by atoms with Crippen LogP contribution in [0.5, 0.6) is 0 Å². The van der Waals surface area contributed by atoms with Crippen LogP contribution >= 0.6 is 0 Å². The number of hydrogen-bond acceptors (Lipinski definition) is 7. The summed E-state index contributed by atoms with van der Waals surface area (Å²) in [6, 6.07) is 0. The highest BCUT2D eigenvalue weighted by Crippen LogP contribution is 2.09. The van der Waals surface area contributed by atoms with E-state index in [4.69, 9.17) is 5.73 Å². The van der Waals surface area contributed by atoms with Gasteiger partial charge in [0.15, 0.2) is 0 Å². The first-order valence-corrected chi connectivity index (χ1v) is 6.74. The predicted octanol–water partition coefficient (Wildman–Crippen LogP) is -0.326. The molecule has 0 bridgehead atoms. The van der Waals surface area contributed by atoms with Crippen LogP contribution in [0.1, 0.15) is 12.8 Å². The largest absolute Gasteiger partial charge is 0.368 e. The molecule has 0 radical (unpaired) electrons. The molecule has 2 aromatic rings. The summed E-state index contributed by atoms with van der Waals surface area (Å²) in [4.78, 5) is 29.9. The SMILES string of the molecule is Nc1nc(NCC(=O)N2CCCC2)nc(-n2ccnc2)n1. The van der Waals surface area contributed by atoms with Crippen molar-refractivity contribution in [2.45, 2.75) is 12.8 Å². The maximum Gasteiger partial charge on any atom is 0.241 e. The second-order valence-electron chi connectivity index (χ2n) is 4.73. The van der Waals surface area contributed by atoms with Crippen LogP contribution in [0.3, 0.4) is 0 Å². The summed E-state index contributed by atoms with van der Waals surface area (Å²) >= 11 is 0. The molecule has 3 heterocycles. The van der Waals surface area contributed by atoms with E-state index >= 15 is 0 Å². The third-order valence-corrected chi connectivity index (χ3v) is 3.23. The van der Waals surface area contributed by atoms with E-state index in [0.717, 1.165) is 25.9 Å². The zero-order valence-electron chi connectivity index (χ0n) is 11.4. The number of carbonyl (C=O) groups excluding carboxylic acids is 1. The highest BCUT2D eigenvalue weighted by Gasteiger charge is 2.17. The fourth-order valence-corrected chi connectivity index (χ4v) is 2.19. The Bertz CT molecular complexity index is 620. The topological polar surface area (TPSA) is 115 Å². The molecule has 0 aromatic carbocycles. The van der Waals surface area contributed by atoms with Gasteiger partial charge in [0.05, 0.1) is 6.54 Å². The molecule has 0 saturated carbocycles. The standard InChI is InChI=1S/C12H16N8O/c13-10-16-11(15-7-9(21)19-4-1-2-5-19)18-12(17-10)20-6-3-14-8-20/h3,6,8H,1-2,4-5,7H2,(H3,13,15,16,17,18). The second kappa shape index (κ2) is 5.73. The highest BCUT2D eigenvalue weighted by molar-refractivity contribution is 5.80. The molecule has 1 fully saturated rings. The molecule has 9 nitrogen and oxygen atoms in total. The predicted molar refractivity (Wildman–Crippen MR) is 75.7 cm³/mol. The van der Waals surface area contributed by atoms with E-state index < -0.39 is 0 Å². The van der Waals surface area contributed by atoms with Gasteiger partial charge < -0.3 is 16.0 Å². The maximum absolute atomic E-state index is 12.0. The smallest absolute Gasteiger partial charge is 0.241 e. The molecule has 0 aliphatic carbocycles. The minimum Gasteiger partial charge on any atom is -0.368 e. The number of aromatic nitrogens is 5. The number of nitrogens with one attached hydrogen (secondary N) is 1. The summed E-state index contributed by atoms with van der Waals surface area (Å²) in [6.45, 7) is 1.78. The van der Waals surface area contributed by atoms with E-state index in [1.54, 1.807) is 23.3 Å². The number of anilines is 2. The first-order valence-electron chi connectivity index (χ1n) is 6.74. The number of rotatable bonds is 4. The number of likely N-dealkylation sites (tertiary alicyclic amines) is 1. The van der Waals surface area contributed by atoms with Gasteiger partial charge in [0, 0.05) is 25.5 Å². The molecule has 3 N–H and O–H groups in total. The molecule has 0 spiro atoms. The molecule has 3 rings (SSSR count). The van der Waals surface area contributed by atoms with Crippen molar-refractivity contribution in [2.75, 3.05) is 30.7 Å². The van der Waals surface area contributed by atoms with E-state index in [1.165, 1.54) is 0 Å². The quantitative estimate of drug-likeness (QED) is 0.791. The lowest BCUT2D eigenvalue weighted by atomic mass is 10.4. The van der Waals surface area contributed by atoms with Crippen molar-refractivity contribution >= 4 is 17.8 Å². The first kappa shape index (κ1) is 13.3. The lowest BCUT2D eigenvalue weighted by Gasteiger charge is -2.15. The van der Waals surface area contributed by atoms with Gasteiger partial charge >= 0.3 is 0 Å². The lowest BCUT2D eigenvalue weighted by molar-refractivity contribution is -0.128. The van der Waals surface area contributed by atoms with E-state index in [9.17, 15) is 4.79 Å². The lowest BCUT2D eigenvalue weighted by Crippen LogP contribution is -2.33. The molecule has 2 aromatic heterocycles. The van der Waals surface area contributed by atoms with E-state index in [0.29, 0.717) is 5.95 Å². The van der Waals surface area contributed by atoms with Gasteiger partial charge in [-0.25, -0.2) is 4.98 Å². The molecule has 0 unspecified atom stereocenters. The van der Waals surface area contributed by atoms with E-state index in [-0.39, 0.29) is 24.3 Å². The van der Waals surface area contributed by atoms with Crippen LogP contribution < -0.4 is 11.1 Å². The number of nitrogens with two attached hydrogens (primary N) is 1. The first-order chi connectivity index (χ1) is 10.2. The zero-order valence-corrected chi connectivity index (χ0v) is 11.4. The Morgan fingerprint density at radius 1 is 1.29 bits per heavy atom. The summed E-state index contributed by atoms with van der Waals surface area (Å²) in [5.41, 5.74) is 5.66. The summed E-state index contributed by atoms with van der Waals surface area (Å²) in [5, 5.41) is 2.90. The Hall–Kier alpha value is -2.71. The molecule has 1 aliphatic heterocycles. The van der Waals surface area contributed by atoms with Crippen molar-refractivity contribution in [1.82, 2.24) is 29.4 Å². The molecule has 1 aliphatic rings. The van der Waals surface area contributed by atoms with Gasteiger partial charge in [-0.2, -0.15) is 15.0 Å². The van der Waals surface area contributed by atoms with Crippen molar-refractivity contribution in [3.8, 4) is 5.95 Å². The van der Waals surface area contributed by atoms with Crippen molar-refractivity contribution in [2.24, 2.45) is 0 Å². The number of nitrogen functional groups attached to an aromatic ring is 1.